The van der Waals surface area contributed by atoms with Crippen molar-refractivity contribution in [3.8, 4) is 0 Å². The van der Waals surface area contributed by atoms with Gasteiger partial charge in [0.15, 0.2) is 0 Å². The van der Waals surface area contributed by atoms with E-state index in [1.807, 2.05) is 52.2 Å². The van der Waals surface area contributed by atoms with E-state index in [1.54, 1.807) is 12.1 Å². The average molecular weight is 1260 g/mol. The molecule has 0 spiro atoms. The van der Waals surface area contributed by atoms with Crippen LogP contribution in [0.15, 0.2) is 24.3 Å². The first-order valence-electron chi connectivity index (χ1n) is 22.2. The van der Waals surface area contributed by atoms with E-state index in [0.717, 1.165) is 0 Å². The van der Waals surface area contributed by atoms with E-state index in [0.29, 0.717) is 5.19 Å². The topological polar surface area (TPSA) is 409 Å². The monoisotopic (exact) mass is 1260 g/mol. The summed E-state index contributed by atoms with van der Waals surface area (Å²) in [7, 11) is -3.57. The molecule has 0 aromatic heterocycles. The number of aliphatic hydroxyl groups is 1. The number of hydrogen-bond donors (Lipinski definition) is 13. The Hall–Kier alpha value is -7.74. The van der Waals surface area contributed by atoms with E-state index >= 15 is 4.11 Å². The van der Waals surface area contributed by atoms with Crippen molar-refractivity contribution in [3.63, 3.8) is 0 Å². The number of carboxylic acid groups (broad SMARTS) is 4. The summed E-state index contributed by atoms with van der Waals surface area (Å²) < 4.78 is 16.6. The van der Waals surface area contributed by atoms with Crippen LogP contribution in [0.1, 0.15) is 103 Å². The largest absolute Gasteiger partial charge is 0.665 e. The number of nitrogens with one attached hydrogen (secondary N) is 9. The van der Waals surface area contributed by atoms with Gasteiger partial charge in [-0.05, 0) is 59.1 Å². The third-order valence-corrected chi connectivity index (χ3v) is 15.9. The van der Waals surface area contributed by atoms with E-state index in [4.69, 9.17) is 15.9 Å². The molecule has 1 aromatic carbocycles. The normalized spacial score (nSPS) is 13.5. The van der Waals surface area contributed by atoms with Gasteiger partial charge in [0.1, 0.15) is 24.2 Å². The van der Waals surface area contributed by atoms with E-state index in [-0.39, 0.29) is 50.9 Å². The molecule has 5 atom stereocenters. The molecular formula is C43H67CmFN9O16Si-. The summed E-state index contributed by atoms with van der Waals surface area (Å²) in [4.78, 5) is 132. The summed E-state index contributed by atoms with van der Waals surface area (Å²) in [5.74, 6) is -10.4. The molecule has 0 aliphatic heterocycles. The molecule has 1 rings (SSSR count). The molecule has 0 fully saturated rings. The molecule has 400 valence electrons. The zero-order valence-corrected chi connectivity index (χ0v) is 44.3. The molecule has 8 amide bonds. The molecule has 0 heterocycles. The van der Waals surface area contributed by atoms with Gasteiger partial charge < -0.3 is 77.9 Å². The maximum absolute atomic E-state index is 16.6. The van der Waals surface area contributed by atoms with Gasteiger partial charge in [-0.3, -0.25) is 33.6 Å². The fourth-order valence-electron chi connectivity index (χ4n) is 7.09. The van der Waals surface area contributed by atoms with E-state index in [9.17, 15) is 68.1 Å². The standard InChI is InChI=1S/C43H67FN9O16Si.Cm/c1-42(2,3)70(44,43(4,5)6)25-11-9-24(10-12-25)35(60)49-22-26(45)36(61)51-30(23-54)37(62)48-21-18-32(56)47-20-17-31(55)46-19-7-8-27(38(63)64)50-33(57)15-13-28(39(65)66)52-41(69)53-29(40(67)68)14-16-34(58)59;/h9-12,26-30,45,54H,7-8,13-23H2,1-6H3,(H,46,55)(H,47,56)(H,48,62)(H,49,60)(H,50,57)(H,51,61)(H,58,59)(H,63,64)(H,65,66)(H,67,68)(H2,52,53,69);/q-1;/t26-,27-,28+,29+,30-;/m1./s1. The van der Waals surface area contributed by atoms with Crippen molar-refractivity contribution in [2.24, 2.45) is 0 Å². The van der Waals surface area contributed by atoms with E-state index < -0.39 is 153 Å². The second-order valence-corrected chi connectivity index (χ2v) is 23.1. The van der Waals surface area contributed by atoms with Gasteiger partial charge in [0.25, 0.3) is 14.3 Å². The van der Waals surface area contributed by atoms with Gasteiger partial charge >= 0.3 is 29.9 Å². The van der Waals surface area contributed by atoms with E-state index in [2.05, 4.69) is 31.9 Å². The molecule has 0 aliphatic carbocycles. The molecule has 0 radical (unpaired) electrons. The van der Waals surface area contributed by atoms with Gasteiger partial charge in [-0.1, -0.05) is 53.7 Å². The van der Waals surface area contributed by atoms with Crippen LogP contribution in [0.3, 0.4) is 0 Å². The first-order chi connectivity index (χ1) is 32.4. The maximum atomic E-state index is 16.6. The summed E-state index contributed by atoms with van der Waals surface area (Å²) in [6, 6.07) is -2.98. The van der Waals surface area contributed by atoms with Crippen molar-refractivity contribution in [1.82, 2.24) is 42.5 Å². The predicted octanol–water partition coefficient (Wildman–Crippen LogP) is -0.635. The molecular weight excluding hydrogens is 1190 g/mol. The second-order valence-electron chi connectivity index (χ2n) is 18.2. The Kier molecular flexibility index (Phi) is 26.1. The number of urea groups is 1. The Morgan fingerprint density at radius 1 is 0.577 bits per heavy atom. The molecule has 0 saturated carbocycles. The van der Waals surface area contributed by atoms with Crippen LogP contribution in [0.25, 0.3) is 5.73 Å². The number of halogens is 1. The molecule has 0 saturated heterocycles. The van der Waals surface area contributed by atoms with Gasteiger partial charge in [-0.15, -0.1) is 0 Å². The fraction of sp³-hybridized carbons (Fsp3) is 0.605. The van der Waals surface area contributed by atoms with Crippen LogP contribution in [0, 0.1) is 0 Å². The minimum Gasteiger partial charge on any atom is -0.665 e. The SMILES string of the molecule is CC(C)(C)[Si](F)(c1ccc(C(=O)NC[C@@H]([NH-])C(=O)N[C@H](CO)C(=O)NCCC(=O)NCCC(=O)NCCC[C@@H](NC(=O)CC[C@H](NC(=O)N[C@@H](CCC(=O)O)C(=O)O)C(=O)O)C(=O)O)cc1)C(C)(C)C.[Cm]. The van der Waals surface area contributed by atoms with Crippen LogP contribution in [0.4, 0.5) is 8.90 Å². The van der Waals surface area contributed by atoms with Crippen LogP contribution in [0.5, 0.6) is 0 Å². The van der Waals surface area contributed by atoms with Gasteiger partial charge in [0, 0.05) is 57.4 Å². The van der Waals surface area contributed by atoms with Crippen LogP contribution in [-0.2, 0) is 43.2 Å². The summed E-state index contributed by atoms with van der Waals surface area (Å²) in [6.45, 7) is 9.42. The number of rotatable bonds is 30. The van der Waals surface area contributed by atoms with Crippen LogP contribution < -0.4 is 47.7 Å². The maximum Gasteiger partial charge on any atom is 0.326 e. The molecule has 25 nitrogen and oxygen atoms in total. The van der Waals surface area contributed by atoms with Crippen molar-refractivity contribution < 1.29 is 82.4 Å². The van der Waals surface area contributed by atoms with Crippen LogP contribution in [-0.4, -0.2) is 162 Å². The Morgan fingerprint density at radius 2 is 1.04 bits per heavy atom. The fourth-order valence-corrected chi connectivity index (χ4v) is 11.7. The molecule has 0 aliphatic rings. The number of benzene rings is 1. The quantitative estimate of drug-likeness (QED) is 0.0259. The van der Waals surface area contributed by atoms with Crippen molar-refractivity contribution in [2.45, 2.75) is 133 Å². The van der Waals surface area contributed by atoms with Gasteiger partial charge in [-0.25, -0.2) is 19.2 Å². The summed E-state index contributed by atoms with van der Waals surface area (Å²) >= 11 is 0. The van der Waals surface area contributed by atoms with Gasteiger partial charge in [0.2, 0.25) is 29.5 Å². The number of aliphatic carboxylic acids is 4. The first-order valence-corrected chi connectivity index (χ1v) is 24.1. The van der Waals surface area contributed by atoms with Crippen LogP contribution >= 0.6 is 0 Å². The van der Waals surface area contributed by atoms with Crippen molar-refractivity contribution in [3.05, 3.63) is 35.6 Å². The van der Waals surface area contributed by atoms with Gasteiger partial charge in [0.05, 0.1) is 6.61 Å². The summed E-state index contributed by atoms with van der Waals surface area (Å²) in [5, 5.41) is 63.9. The Labute approximate surface area is 404 Å². The van der Waals surface area contributed by atoms with Gasteiger partial charge in [-0.2, -0.15) is 0 Å². The van der Waals surface area contributed by atoms with Crippen molar-refractivity contribution >= 4 is 78.9 Å². The number of hydrogen-bond acceptors (Lipinski definition) is 12. The number of carbonyl (C=O) groups excluding carboxylic acids is 7. The third-order valence-electron chi connectivity index (χ3n) is 10.7. The molecule has 14 N–H and O–H groups in total. The molecule has 0 unspecified atom stereocenters. The van der Waals surface area contributed by atoms with Crippen molar-refractivity contribution in [2.75, 3.05) is 32.8 Å². The summed E-state index contributed by atoms with van der Waals surface area (Å²) in [6.07, 6.45) is -2.75. The van der Waals surface area contributed by atoms with E-state index in [1.165, 1.54) is 12.1 Å². The molecule has 1 aromatic rings. The predicted molar refractivity (Wildman–Crippen MR) is 250 cm³/mol. The minimum atomic E-state index is -3.57. The number of aliphatic hydroxyl groups excluding tert-OH is 1. The van der Waals surface area contributed by atoms with Crippen molar-refractivity contribution in [1.29, 1.82) is 0 Å². The zero-order valence-electron chi connectivity index (χ0n) is 40.3. The molecule has 71 heavy (non-hydrogen) atoms. The number of carbonyl (C=O) groups is 11. The Bertz CT molecular complexity index is 2020. The Balaban J connectivity index is 0.0000490. The summed E-state index contributed by atoms with van der Waals surface area (Å²) in [5.41, 5.74) is 8.31. The number of carboxylic acids is 4. The zero-order chi connectivity index (χ0) is 53.6. The minimum absolute atomic E-state index is 0. The Morgan fingerprint density at radius 3 is 1.51 bits per heavy atom. The van der Waals surface area contributed by atoms with Crippen LogP contribution in [0.2, 0.25) is 10.1 Å². The smallest absolute Gasteiger partial charge is 0.326 e. The first kappa shape index (κ1) is 63.3. The molecule has 28 heteroatoms. The second kappa shape index (κ2) is 29.3. The number of amides is 8. The average Bonchev–Trinajstić information content (AvgIpc) is 3.26. The third kappa shape index (κ3) is 21.6. The molecule has 0 bridgehead atoms.